The molecule has 0 bridgehead atoms. The summed E-state index contributed by atoms with van der Waals surface area (Å²) in [6, 6.07) is 8.97. The molecule has 1 aromatic carbocycles. The predicted octanol–water partition coefficient (Wildman–Crippen LogP) is -3.32. The van der Waals surface area contributed by atoms with E-state index in [0.717, 1.165) is 6.07 Å². The summed E-state index contributed by atoms with van der Waals surface area (Å²) >= 11 is 0. The maximum atomic E-state index is 12.3. The van der Waals surface area contributed by atoms with Crippen LogP contribution in [0.25, 0.3) is 33.5 Å². The van der Waals surface area contributed by atoms with Gasteiger partial charge in [-0.2, -0.15) is 0 Å². The molecule has 120 valence electrons. The molecule has 0 atom stereocenters. The quantitative estimate of drug-likeness (QED) is 0.216. The van der Waals surface area contributed by atoms with Crippen LogP contribution in [0.3, 0.4) is 0 Å². The Kier molecular flexibility index (Phi) is 5.09. The van der Waals surface area contributed by atoms with Crippen LogP contribution in [0.1, 0.15) is 10.5 Å². The van der Waals surface area contributed by atoms with Gasteiger partial charge in [0.2, 0.25) is 5.43 Å². The average molecular weight is 348 g/mol. The first-order chi connectivity index (χ1) is 11.0. The van der Waals surface area contributed by atoms with E-state index in [0.29, 0.717) is 11.1 Å². The molecule has 0 saturated heterocycles. The van der Waals surface area contributed by atoms with Crippen LogP contribution >= 0.6 is 0 Å². The van der Waals surface area contributed by atoms with E-state index in [2.05, 4.69) is 9.97 Å². The molecule has 2 aromatic rings. The van der Waals surface area contributed by atoms with Gasteiger partial charge in [-0.25, -0.2) is 4.98 Å². The van der Waals surface area contributed by atoms with Gasteiger partial charge in [-0.3, -0.25) is 9.59 Å². The molecule has 8 nitrogen and oxygen atoms in total. The van der Waals surface area contributed by atoms with Crippen molar-refractivity contribution in [3.8, 4) is 11.5 Å². The molecule has 2 aliphatic rings. The van der Waals surface area contributed by atoms with Crippen molar-refractivity contribution in [1.82, 2.24) is 9.97 Å². The smallest absolute Gasteiger partial charge is 0.543 e. The predicted molar refractivity (Wildman–Crippen MR) is 83.0 cm³/mol. The number of rotatable bonds is 1. The zero-order valence-corrected chi connectivity index (χ0v) is 15.0. The minimum Gasteiger partial charge on any atom is -0.543 e. The van der Waals surface area contributed by atoms with Crippen LogP contribution in [-0.2, 0) is 0 Å². The van der Waals surface area contributed by atoms with E-state index >= 15 is 0 Å². The SMILES string of the molecule is O.O=C([O-])c1cc(=O)c2c3nc4ccccc4oc-3cc(=O)c2[nH]1.[Na+]. The molecular formula is C16H9N2NaO6. The summed E-state index contributed by atoms with van der Waals surface area (Å²) in [5.74, 6) is -1.41. The zero-order chi connectivity index (χ0) is 16.1. The first kappa shape index (κ1) is 18.8. The molecular weight excluding hydrogens is 339 g/mol. The number of aromatic carboxylic acids is 1. The van der Waals surface area contributed by atoms with Gasteiger partial charge in [0, 0.05) is 12.1 Å². The van der Waals surface area contributed by atoms with Crippen LogP contribution < -0.4 is 45.5 Å². The molecule has 0 saturated carbocycles. The molecule has 0 radical (unpaired) electrons. The van der Waals surface area contributed by atoms with Gasteiger partial charge in [-0.05, 0) is 12.1 Å². The zero-order valence-electron chi connectivity index (χ0n) is 13.0. The maximum Gasteiger partial charge on any atom is 1.00 e. The van der Waals surface area contributed by atoms with Crippen molar-refractivity contribution in [3.05, 3.63) is 62.5 Å². The molecule has 4 rings (SSSR count). The Labute approximate surface area is 161 Å². The van der Waals surface area contributed by atoms with Crippen LogP contribution in [0.2, 0.25) is 0 Å². The number of carboxylic acid groups (broad SMARTS) is 1. The fraction of sp³-hybridized carbons (Fsp3) is 0. The third kappa shape index (κ3) is 2.96. The number of hydrogen-bond acceptors (Lipinski definition) is 6. The fourth-order valence-corrected chi connectivity index (χ4v) is 2.54. The van der Waals surface area contributed by atoms with Gasteiger partial charge >= 0.3 is 29.6 Å². The minimum atomic E-state index is -1.57. The third-order valence-corrected chi connectivity index (χ3v) is 3.55. The molecule has 0 fully saturated rings. The van der Waals surface area contributed by atoms with E-state index in [-0.39, 0.29) is 57.4 Å². The van der Waals surface area contributed by atoms with Crippen molar-refractivity contribution in [2.24, 2.45) is 0 Å². The number of nitrogens with one attached hydrogen (secondary N) is 1. The molecule has 0 amide bonds. The Balaban J connectivity index is 0.00000113. The topological polar surface area (TPSA) is 148 Å². The van der Waals surface area contributed by atoms with Crippen molar-refractivity contribution in [1.29, 1.82) is 0 Å². The molecule has 25 heavy (non-hydrogen) atoms. The van der Waals surface area contributed by atoms with E-state index in [4.69, 9.17) is 4.42 Å². The van der Waals surface area contributed by atoms with E-state index in [1.165, 1.54) is 6.07 Å². The van der Waals surface area contributed by atoms with Gasteiger partial charge in [0.15, 0.2) is 16.8 Å². The maximum absolute atomic E-state index is 12.3. The number of nitrogens with zero attached hydrogens (tertiary/aromatic N) is 1. The van der Waals surface area contributed by atoms with Crippen molar-refractivity contribution in [2.75, 3.05) is 0 Å². The summed E-state index contributed by atoms with van der Waals surface area (Å²) in [7, 11) is 0. The van der Waals surface area contributed by atoms with Gasteiger partial charge < -0.3 is 24.8 Å². The number of carbonyl (C=O) groups is 1. The van der Waals surface area contributed by atoms with Gasteiger partial charge in [0.25, 0.3) is 0 Å². The minimum absolute atomic E-state index is 0. The Hall–Kier alpha value is -2.52. The van der Waals surface area contributed by atoms with Crippen LogP contribution in [0.15, 0.2) is 50.4 Å². The number of para-hydroxylation sites is 2. The number of carboxylic acids is 1. The summed E-state index contributed by atoms with van der Waals surface area (Å²) in [6.45, 7) is 0. The number of aromatic nitrogens is 2. The number of fused-ring (bicyclic) bond motifs is 4. The van der Waals surface area contributed by atoms with Crippen molar-refractivity contribution in [2.45, 2.75) is 0 Å². The summed E-state index contributed by atoms with van der Waals surface area (Å²) < 4.78 is 5.62. The van der Waals surface area contributed by atoms with Crippen molar-refractivity contribution >= 4 is 28.0 Å². The van der Waals surface area contributed by atoms with Crippen molar-refractivity contribution < 1.29 is 49.4 Å². The van der Waals surface area contributed by atoms with Crippen LogP contribution in [-0.4, -0.2) is 21.4 Å². The van der Waals surface area contributed by atoms with Crippen molar-refractivity contribution in [3.63, 3.8) is 0 Å². The number of aromatic amines is 1. The second-order valence-electron chi connectivity index (χ2n) is 4.99. The molecule has 1 aliphatic heterocycles. The Morgan fingerprint density at radius 1 is 1.12 bits per heavy atom. The Morgan fingerprint density at radius 3 is 2.56 bits per heavy atom. The van der Waals surface area contributed by atoms with Crippen LogP contribution in [0.4, 0.5) is 0 Å². The van der Waals surface area contributed by atoms with Gasteiger partial charge in [-0.1, -0.05) is 12.1 Å². The van der Waals surface area contributed by atoms with Gasteiger partial charge in [0.1, 0.15) is 16.7 Å². The van der Waals surface area contributed by atoms with E-state index in [9.17, 15) is 19.5 Å². The van der Waals surface area contributed by atoms with Gasteiger partial charge in [-0.15, -0.1) is 0 Å². The monoisotopic (exact) mass is 348 g/mol. The summed E-state index contributed by atoms with van der Waals surface area (Å²) in [4.78, 5) is 42.2. The van der Waals surface area contributed by atoms with E-state index in [1.54, 1.807) is 24.3 Å². The van der Waals surface area contributed by atoms with Crippen LogP contribution in [0.5, 0.6) is 0 Å². The summed E-state index contributed by atoms with van der Waals surface area (Å²) in [6.07, 6.45) is 0. The second-order valence-corrected chi connectivity index (χ2v) is 4.99. The summed E-state index contributed by atoms with van der Waals surface area (Å²) in [5.41, 5.74) is -0.611. The molecule has 9 heteroatoms. The number of hydrogen-bond donors (Lipinski definition) is 1. The molecule has 1 aliphatic carbocycles. The number of H-pyrrole nitrogens is 1. The standard InChI is InChI=1S/C16H8N2O5.Na.H2O/c19-9-5-8(16(21)22)18-14-10(20)6-12-15(13(9)14)17-7-3-1-2-4-11(7)23-12;;/h1-6H,(H,18,19)(H,21,22);;1H2/q;+1;/p-1. The van der Waals surface area contributed by atoms with E-state index in [1.807, 2.05) is 0 Å². The second kappa shape index (κ2) is 6.77. The van der Waals surface area contributed by atoms with Crippen LogP contribution in [0, 0.1) is 0 Å². The molecule has 0 spiro atoms. The molecule has 0 unspecified atom stereocenters. The largest absolute Gasteiger partial charge is 1.00 e. The average Bonchev–Trinajstić information content (AvgIpc) is 2.53. The number of benzene rings is 2. The van der Waals surface area contributed by atoms with Gasteiger partial charge in [0.05, 0.1) is 17.0 Å². The van der Waals surface area contributed by atoms with E-state index < -0.39 is 22.5 Å². The molecule has 1 aromatic heterocycles. The normalized spacial score (nSPS) is 10.4. The number of pyridine rings is 1. The summed E-state index contributed by atoms with van der Waals surface area (Å²) in [5, 5.41) is 10.9. The Morgan fingerprint density at radius 2 is 1.84 bits per heavy atom. The molecule has 3 N–H and O–H groups in total. The Bertz CT molecular complexity index is 1200. The first-order valence-corrected chi connectivity index (χ1v) is 6.65. The molecule has 2 heterocycles. The first-order valence-electron chi connectivity index (χ1n) is 6.65. The number of carbonyl (C=O) groups excluding carboxylic acids is 1. The fourth-order valence-electron chi connectivity index (χ4n) is 2.54. The third-order valence-electron chi connectivity index (χ3n) is 3.55.